The summed E-state index contributed by atoms with van der Waals surface area (Å²) in [5.74, 6) is 0.237. The molecule has 0 bridgehead atoms. The number of hydrogen-bond donors (Lipinski definition) is 2. The van der Waals surface area contributed by atoms with E-state index < -0.39 is 0 Å². The van der Waals surface area contributed by atoms with Gasteiger partial charge in [-0.2, -0.15) is 0 Å². The second kappa shape index (κ2) is 6.43. The lowest BCUT2D eigenvalue weighted by Gasteiger charge is -2.20. The van der Waals surface area contributed by atoms with Crippen molar-refractivity contribution in [1.82, 2.24) is 10.3 Å². The van der Waals surface area contributed by atoms with Crippen LogP contribution in [0.3, 0.4) is 0 Å². The number of anilines is 1. The minimum Gasteiger partial charge on any atom is -0.396 e. The summed E-state index contributed by atoms with van der Waals surface area (Å²) < 4.78 is 0. The van der Waals surface area contributed by atoms with Gasteiger partial charge in [0.05, 0.1) is 17.4 Å². The van der Waals surface area contributed by atoms with Crippen LogP contribution in [-0.2, 0) is 0 Å². The van der Waals surface area contributed by atoms with Crippen molar-refractivity contribution >= 4 is 11.6 Å². The van der Waals surface area contributed by atoms with E-state index in [1.165, 1.54) is 0 Å². The number of aliphatic hydroxyl groups is 1. The molecule has 0 saturated carbocycles. The first-order chi connectivity index (χ1) is 9.89. The summed E-state index contributed by atoms with van der Waals surface area (Å²) >= 11 is 0. The summed E-state index contributed by atoms with van der Waals surface area (Å²) in [7, 11) is 0. The Labute approximate surface area is 126 Å². The minimum absolute atomic E-state index is 0.0595. The fourth-order valence-corrected chi connectivity index (χ4v) is 2.39. The fraction of sp³-hybridized carbons (Fsp3) is 0.625. The van der Waals surface area contributed by atoms with Gasteiger partial charge in [-0.25, -0.2) is 0 Å². The highest BCUT2D eigenvalue weighted by molar-refractivity contribution is 5.94. The lowest BCUT2D eigenvalue weighted by Crippen LogP contribution is -2.32. The van der Waals surface area contributed by atoms with Crippen LogP contribution in [0.15, 0.2) is 18.5 Å². The summed E-state index contributed by atoms with van der Waals surface area (Å²) in [6.07, 6.45) is 4.36. The van der Waals surface area contributed by atoms with Crippen molar-refractivity contribution in [2.24, 2.45) is 11.3 Å². The fourth-order valence-electron chi connectivity index (χ4n) is 2.39. The van der Waals surface area contributed by atoms with Crippen molar-refractivity contribution < 1.29 is 9.90 Å². The number of aliphatic hydroxyl groups excluding tert-OH is 1. The number of amides is 1. The number of aromatic nitrogens is 1. The first kappa shape index (κ1) is 15.8. The van der Waals surface area contributed by atoms with Crippen molar-refractivity contribution in [3.05, 3.63) is 24.0 Å². The quantitative estimate of drug-likeness (QED) is 0.886. The average molecular weight is 291 g/mol. The van der Waals surface area contributed by atoms with Crippen LogP contribution in [0.1, 0.15) is 37.6 Å². The maximum Gasteiger partial charge on any atom is 0.252 e. The zero-order chi connectivity index (χ0) is 15.5. The number of nitrogens with zero attached hydrogens (tertiary/aromatic N) is 2. The van der Waals surface area contributed by atoms with Crippen LogP contribution < -0.4 is 10.2 Å². The number of carbonyl (C=O) groups excluding carboxylic acids is 1. The van der Waals surface area contributed by atoms with Crippen LogP contribution >= 0.6 is 0 Å². The Kier molecular flexibility index (Phi) is 4.83. The Hall–Kier alpha value is -1.62. The molecule has 2 N–H and O–H groups in total. The number of carbonyl (C=O) groups is 1. The van der Waals surface area contributed by atoms with E-state index in [-0.39, 0.29) is 17.9 Å². The standard InChI is InChI=1S/C16H25N3O2/c1-16(2,3)11-18-15(21)13-6-14(8-17-7-13)19-5-4-12(9-19)10-20/h6-8,12,20H,4-5,9-11H2,1-3H3,(H,18,21). The van der Waals surface area contributed by atoms with Gasteiger partial charge in [0.1, 0.15) is 0 Å². The summed E-state index contributed by atoms with van der Waals surface area (Å²) in [5.41, 5.74) is 1.60. The van der Waals surface area contributed by atoms with Gasteiger partial charge in [-0.15, -0.1) is 0 Å². The van der Waals surface area contributed by atoms with E-state index in [9.17, 15) is 9.90 Å². The Balaban J connectivity index is 2.02. The van der Waals surface area contributed by atoms with E-state index in [0.29, 0.717) is 18.0 Å². The molecule has 2 rings (SSSR count). The topological polar surface area (TPSA) is 65.5 Å². The van der Waals surface area contributed by atoms with Gasteiger partial charge < -0.3 is 15.3 Å². The van der Waals surface area contributed by atoms with Gasteiger partial charge in [0.2, 0.25) is 0 Å². The van der Waals surface area contributed by atoms with Crippen molar-refractivity contribution in [3.8, 4) is 0 Å². The summed E-state index contributed by atoms with van der Waals surface area (Å²) in [6.45, 7) is 8.83. The van der Waals surface area contributed by atoms with E-state index >= 15 is 0 Å². The predicted octanol–water partition coefficient (Wildman–Crippen LogP) is 1.68. The van der Waals surface area contributed by atoms with Gasteiger partial charge in [-0.05, 0) is 17.9 Å². The molecule has 5 heteroatoms. The van der Waals surface area contributed by atoms with E-state index in [1.54, 1.807) is 12.4 Å². The third-order valence-corrected chi connectivity index (χ3v) is 3.67. The summed E-state index contributed by atoms with van der Waals surface area (Å²) in [6, 6.07) is 1.88. The Morgan fingerprint density at radius 3 is 2.86 bits per heavy atom. The molecule has 1 aromatic heterocycles. The van der Waals surface area contributed by atoms with E-state index in [0.717, 1.165) is 25.2 Å². The molecule has 1 aliphatic heterocycles. The smallest absolute Gasteiger partial charge is 0.252 e. The number of hydrogen-bond acceptors (Lipinski definition) is 4. The second-order valence-electron chi connectivity index (χ2n) is 6.96. The molecule has 1 atom stereocenters. The lowest BCUT2D eigenvalue weighted by atomic mass is 9.97. The van der Waals surface area contributed by atoms with Gasteiger partial charge in [-0.3, -0.25) is 9.78 Å². The Morgan fingerprint density at radius 2 is 2.24 bits per heavy atom. The molecule has 0 spiro atoms. The molecule has 1 fully saturated rings. The van der Waals surface area contributed by atoms with E-state index in [2.05, 4.69) is 36.0 Å². The van der Waals surface area contributed by atoms with Crippen LogP contribution in [0.2, 0.25) is 0 Å². The molecular weight excluding hydrogens is 266 g/mol. The monoisotopic (exact) mass is 291 g/mol. The maximum atomic E-state index is 12.2. The number of rotatable bonds is 4. The van der Waals surface area contributed by atoms with Crippen LogP contribution in [-0.4, -0.2) is 42.2 Å². The first-order valence-electron chi connectivity index (χ1n) is 7.48. The van der Waals surface area contributed by atoms with E-state index in [1.807, 2.05) is 6.07 Å². The Morgan fingerprint density at radius 1 is 1.48 bits per heavy atom. The third-order valence-electron chi connectivity index (χ3n) is 3.67. The van der Waals surface area contributed by atoms with Crippen molar-refractivity contribution in [2.45, 2.75) is 27.2 Å². The van der Waals surface area contributed by atoms with Crippen LogP contribution in [0, 0.1) is 11.3 Å². The molecular formula is C16H25N3O2. The molecule has 1 unspecified atom stereocenters. The first-order valence-corrected chi connectivity index (χ1v) is 7.48. The molecule has 1 amide bonds. The normalized spacial score (nSPS) is 18.9. The SMILES string of the molecule is CC(C)(C)CNC(=O)c1cncc(N2CCC(CO)C2)c1. The van der Waals surface area contributed by atoms with Gasteiger partial charge in [0, 0.05) is 38.4 Å². The zero-order valence-electron chi connectivity index (χ0n) is 13.1. The molecule has 5 nitrogen and oxygen atoms in total. The highest BCUT2D eigenvalue weighted by atomic mass is 16.3. The second-order valence-corrected chi connectivity index (χ2v) is 6.96. The maximum absolute atomic E-state index is 12.2. The predicted molar refractivity (Wildman–Crippen MR) is 83.4 cm³/mol. The highest BCUT2D eigenvalue weighted by Gasteiger charge is 2.23. The molecule has 1 aromatic rings. The molecule has 2 heterocycles. The van der Waals surface area contributed by atoms with Crippen LogP contribution in [0.5, 0.6) is 0 Å². The Bertz CT molecular complexity index is 497. The van der Waals surface area contributed by atoms with Gasteiger partial charge >= 0.3 is 0 Å². The molecule has 1 aliphatic rings. The van der Waals surface area contributed by atoms with Crippen molar-refractivity contribution in [2.75, 3.05) is 31.1 Å². The van der Waals surface area contributed by atoms with Gasteiger partial charge in [-0.1, -0.05) is 20.8 Å². The molecule has 0 aromatic carbocycles. The molecule has 21 heavy (non-hydrogen) atoms. The van der Waals surface area contributed by atoms with Crippen LogP contribution in [0.25, 0.3) is 0 Å². The van der Waals surface area contributed by atoms with Crippen LogP contribution in [0.4, 0.5) is 5.69 Å². The molecule has 0 aliphatic carbocycles. The third kappa shape index (κ3) is 4.43. The molecule has 1 saturated heterocycles. The number of nitrogens with one attached hydrogen (secondary N) is 1. The van der Waals surface area contributed by atoms with Crippen molar-refractivity contribution in [3.63, 3.8) is 0 Å². The lowest BCUT2D eigenvalue weighted by molar-refractivity contribution is 0.0939. The van der Waals surface area contributed by atoms with Gasteiger partial charge in [0.15, 0.2) is 0 Å². The summed E-state index contributed by atoms with van der Waals surface area (Å²) in [5, 5.41) is 12.2. The average Bonchev–Trinajstić information content (AvgIpc) is 2.93. The summed E-state index contributed by atoms with van der Waals surface area (Å²) in [4.78, 5) is 18.5. The van der Waals surface area contributed by atoms with Crippen molar-refractivity contribution in [1.29, 1.82) is 0 Å². The molecule has 0 radical (unpaired) electrons. The zero-order valence-corrected chi connectivity index (χ0v) is 13.1. The van der Waals surface area contributed by atoms with Gasteiger partial charge in [0.25, 0.3) is 5.91 Å². The minimum atomic E-state index is -0.0859. The largest absolute Gasteiger partial charge is 0.396 e. The van der Waals surface area contributed by atoms with E-state index in [4.69, 9.17) is 0 Å². The highest BCUT2D eigenvalue weighted by Crippen LogP contribution is 2.23. The molecule has 116 valence electrons. The number of pyridine rings is 1.